The maximum Gasteiger partial charge on any atom is 0.339 e. The lowest BCUT2D eigenvalue weighted by atomic mass is 9.62. The monoisotopic (exact) mass is 957 g/mol. The third-order valence-corrected chi connectivity index (χ3v) is 15.5. The number of nitrogens with zero attached hydrogens (tertiary/aromatic N) is 3. The molecule has 5 aliphatic rings. The van der Waals surface area contributed by atoms with Gasteiger partial charge in [-0.25, -0.2) is 9.59 Å². The Hall–Kier alpha value is -5.96. The summed E-state index contributed by atoms with van der Waals surface area (Å²) in [6.45, 7) is 13.9. The Morgan fingerprint density at radius 1 is 0.900 bits per heavy atom. The van der Waals surface area contributed by atoms with Gasteiger partial charge in [-0.2, -0.15) is 5.10 Å². The van der Waals surface area contributed by atoms with Crippen LogP contribution in [0.25, 0.3) is 12.2 Å². The number of aromatic nitrogens is 2. The molecule has 5 atom stereocenters. The molecular formula is C56H67N3O11. The van der Waals surface area contributed by atoms with Crippen molar-refractivity contribution in [1.29, 1.82) is 0 Å². The molecular weight excluding hydrogens is 891 g/mol. The molecule has 1 unspecified atom stereocenters. The highest BCUT2D eigenvalue weighted by Crippen LogP contribution is 2.57. The minimum atomic E-state index is -2.26. The molecule has 0 saturated carbocycles. The molecule has 0 radical (unpaired) electrons. The number of hydrogen-bond acceptors (Lipinski definition) is 13. The van der Waals surface area contributed by atoms with Crippen molar-refractivity contribution in [3.63, 3.8) is 0 Å². The summed E-state index contributed by atoms with van der Waals surface area (Å²) in [5.41, 5.74) is 3.97. The molecule has 4 aromatic rings. The summed E-state index contributed by atoms with van der Waals surface area (Å²) in [7, 11) is 2.69. The van der Waals surface area contributed by atoms with Gasteiger partial charge in [0, 0.05) is 25.4 Å². The third-order valence-electron chi connectivity index (χ3n) is 15.5. The number of methoxy groups -OCH3 is 2. The first kappa shape index (κ1) is 49.0. The van der Waals surface area contributed by atoms with Gasteiger partial charge in [-0.05, 0) is 145 Å². The van der Waals surface area contributed by atoms with Crippen LogP contribution >= 0.6 is 0 Å². The largest absolute Gasteiger partial charge is 0.497 e. The van der Waals surface area contributed by atoms with Gasteiger partial charge in [0.15, 0.2) is 29.4 Å². The van der Waals surface area contributed by atoms with Crippen molar-refractivity contribution in [2.45, 2.75) is 152 Å². The van der Waals surface area contributed by atoms with Crippen LogP contribution < -0.4 is 9.47 Å². The quantitative estimate of drug-likeness (QED) is 0.0662. The van der Waals surface area contributed by atoms with Gasteiger partial charge < -0.3 is 38.6 Å². The summed E-state index contributed by atoms with van der Waals surface area (Å²) < 4.78 is 37.5. The number of fused-ring (bicyclic) bond motifs is 4. The lowest BCUT2D eigenvalue weighted by molar-refractivity contribution is -0.179. The molecule has 9 rings (SSSR count). The number of carbonyl (C=O) groups is 3. The normalized spacial score (nSPS) is 23.8. The molecule has 2 aliphatic carbocycles. The first-order chi connectivity index (χ1) is 33.2. The van der Waals surface area contributed by atoms with Crippen molar-refractivity contribution >= 4 is 30.1 Å². The number of benzene rings is 3. The summed E-state index contributed by atoms with van der Waals surface area (Å²) in [5, 5.41) is 26.8. The van der Waals surface area contributed by atoms with E-state index >= 15 is 0 Å². The minimum Gasteiger partial charge on any atom is -0.497 e. The Bertz CT molecular complexity index is 2700. The van der Waals surface area contributed by atoms with Gasteiger partial charge in [-0.15, -0.1) is 0 Å². The Balaban J connectivity index is 0.993. The maximum atomic E-state index is 14.4. The Morgan fingerprint density at radius 2 is 1.61 bits per heavy atom. The molecule has 2 N–H and O–H groups in total. The minimum absolute atomic E-state index is 0.0330. The highest BCUT2D eigenvalue weighted by atomic mass is 16.7. The van der Waals surface area contributed by atoms with E-state index in [9.17, 15) is 24.6 Å². The van der Waals surface area contributed by atoms with Crippen LogP contribution in [0.1, 0.15) is 148 Å². The second-order valence-corrected chi connectivity index (χ2v) is 21.8. The summed E-state index contributed by atoms with van der Waals surface area (Å²) in [6, 6.07) is 17.9. The Kier molecular flexibility index (Phi) is 13.1. The number of rotatable bonds is 15. The molecule has 3 aromatic carbocycles. The summed E-state index contributed by atoms with van der Waals surface area (Å²) in [4.78, 5) is 43.5. The predicted octanol–water partition coefficient (Wildman–Crippen LogP) is 8.53. The van der Waals surface area contributed by atoms with E-state index in [0.29, 0.717) is 48.8 Å². The number of aliphatic hydroxyl groups is 2. The average Bonchev–Trinajstić information content (AvgIpc) is 4.14. The van der Waals surface area contributed by atoms with E-state index in [0.717, 1.165) is 41.5 Å². The first-order valence-corrected chi connectivity index (χ1v) is 24.6. The fourth-order valence-electron chi connectivity index (χ4n) is 11.5. The highest BCUT2D eigenvalue weighted by molar-refractivity contribution is 5.90. The summed E-state index contributed by atoms with van der Waals surface area (Å²) in [5.74, 6) is -1.45. The lowest BCUT2D eigenvalue weighted by Gasteiger charge is -2.42. The van der Waals surface area contributed by atoms with E-state index < -0.39 is 59.3 Å². The SMILES string of the molecule is COC(=O)C[C@](O)(CCCC(C)(C)O)C(=O)O[C@@H]1C(OC)=C[C@]23CCCN2C(OC(=O)c2ccc(/C=C/c4cc5c(cc4Cn4cccn4)C(C)(C)CCC5(C)C)cc2)Cc2cc4c(cc2[C@H]13)OCO4. The number of ether oxygens (including phenoxy) is 6. The maximum absolute atomic E-state index is 14.4. The smallest absolute Gasteiger partial charge is 0.339 e. The van der Waals surface area contributed by atoms with Crippen LogP contribution in [0.2, 0.25) is 0 Å². The fourth-order valence-corrected chi connectivity index (χ4v) is 11.5. The zero-order valence-corrected chi connectivity index (χ0v) is 41.7. The average molecular weight is 958 g/mol. The van der Waals surface area contributed by atoms with Crippen molar-refractivity contribution in [3.05, 3.63) is 123 Å². The molecule has 14 nitrogen and oxygen atoms in total. The number of hydrogen-bond donors (Lipinski definition) is 2. The molecule has 1 fully saturated rings. The third kappa shape index (κ3) is 9.49. The van der Waals surface area contributed by atoms with Crippen molar-refractivity contribution in [2.75, 3.05) is 27.6 Å². The molecule has 372 valence electrons. The van der Waals surface area contributed by atoms with Gasteiger partial charge in [0.05, 0.1) is 49.8 Å². The fraction of sp³-hybridized carbons (Fsp3) is 0.500. The van der Waals surface area contributed by atoms with Crippen molar-refractivity contribution < 1.29 is 53.0 Å². The topological polar surface area (TPSA) is 168 Å². The zero-order chi connectivity index (χ0) is 49.8. The molecule has 1 saturated heterocycles. The molecule has 0 bridgehead atoms. The van der Waals surface area contributed by atoms with Crippen LogP contribution in [0, 0.1) is 0 Å². The lowest BCUT2D eigenvalue weighted by Crippen LogP contribution is -2.53. The molecule has 3 aliphatic heterocycles. The molecule has 14 heteroatoms. The molecule has 1 spiro atoms. The van der Waals surface area contributed by atoms with Crippen LogP contribution in [-0.4, -0.2) is 99.4 Å². The van der Waals surface area contributed by atoms with E-state index in [-0.39, 0.29) is 36.9 Å². The second kappa shape index (κ2) is 18.7. The van der Waals surface area contributed by atoms with Gasteiger partial charge in [0.25, 0.3) is 0 Å². The van der Waals surface area contributed by atoms with E-state index in [1.165, 1.54) is 30.9 Å². The van der Waals surface area contributed by atoms with Gasteiger partial charge >= 0.3 is 17.9 Å². The highest BCUT2D eigenvalue weighted by Gasteiger charge is 2.61. The van der Waals surface area contributed by atoms with Crippen molar-refractivity contribution in [2.24, 2.45) is 0 Å². The van der Waals surface area contributed by atoms with Crippen LogP contribution in [0.4, 0.5) is 0 Å². The molecule has 4 heterocycles. The Morgan fingerprint density at radius 3 is 2.29 bits per heavy atom. The van der Waals surface area contributed by atoms with Crippen LogP contribution in [0.3, 0.4) is 0 Å². The van der Waals surface area contributed by atoms with Gasteiger partial charge in [-0.3, -0.25) is 14.4 Å². The van der Waals surface area contributed by atoms with Crippen molar-refractivity contribution in [3.8, 4) is 11.5 Å². The molecule has 70 heavy (non-hydrogen) atoms. The van der Waals surface area contributed by atoms with Crippen LogP contribution in [-0.2, 0) is 52.3 Å². The summed E-state index contributed by atoms with van der Waals surface area (Å²) >= 11 is 0. The predicted molar refractivity (Wildman–Crippen MR) is 262 cm³/mol. The van der Waals surface area contributed by atoms with Gasteiger partial charge in [0.1, 0.15) is 5.76 Å². The van der Waals surface area contributed by atoms with Gasteiger partial charge in [-0.1, -0.05) is 64.1 Å². The first-order valence-electron chi connectivity index (χ1n) is 24.6. The van der Waals surface area contributed by atoms with Crippen LogP contribution in [0.15, 0.2) is 78.8 Å². The molecule has 1 aromatic heterocycles. The summed E-state index contributed by atoms with van der Waals surface area (Å²) in [6.07, 6.45) is 11.8. The zero-order valence-electron chi connectivity index (χ0n) is 41.7. The second-order valence-electron chi connectivity index (χ2n) is 21.8. The van der Waals surface area contributed by atoms with E-state index in [2.05, 4.69) is 62.0 Å². The number of esters is 3. The van der Waals surface area contributed by atoms with Crippen LogP contribution in [0.5, 0.6) is 11.5 Å². The van der Waals surface area contributed by atoms with Gasteiger partial charge in [0.2, 0.25) is 6.79 Å². The standard InChI is InChI=1S/C56H67N3O11/c1-52(2)21-22-53(3,4)42-27-39(33-58-24-11-23-57-58)37(26-41(42)52)17-14-35-12-15-36(16-13-35)50(61)69-46-29-38-28-43-44(68-34-67-43)30-40(38)48-49(45(65-7)31-55(48)19-10-25-59(46)55)70-51(62)56(64,32-47(60)66-8)20-9-18-54(5,6)63/h11-17,23-24,26-28,30-31,46,48-49,63-64H,9-10,18-22,25,29,32-34H2,1-8H3/b17-14+/t46?,48-,49-,55+,56-/m1/s1. The van der Waals surface area contributed by atoms with E-state index in [4.69, 9.17) is 28.4 Å². The van der Waals surface area contributed by atoms with Crippen molar-refractivity contribution in [1.82, 2.24) is 14.7 Å². The Labute approximate surface area is 410 Å². The number of carbonyl (C=O) groups excluding carboxylic acids is 3. The molecule has 0 amide bonds. The van der Waals surface area contributed by atoms with E-state index in [1.807, 2.05) is 47.3 Å². The van der Waals surface area contributed by atoms with E-state index in [1.54, 1.807) is 32.2 Å².